The summed E-state index contributed by atoms with van der Waals surface area (Å²) < 4.78 is 6.52. The van der Waals surface area contributed by atoms with Crippen LogP contribution in [0.15, 0.2) is 53.9 Å². The van der Waals surface area contributed by atoms with Gasteiger partial charge in [0.2, 0.25) is 0 Å². The van der Waals surface area contributed by atoms with E-state index in [0.29, 0.717) is 17.8 Å². The summed E-state index contributed by atoms with van der Waals surface area (Å²) in [5.41, 5.74) is 2.65. The van der Waals surface area contributed by atoms with Gasteiger partial charge in [-0.25, -0.2) is 9.78 Å². The fourth-order valence-corrected chi connectivity index (χ4v) is 4.91. The highest BCUT2D eigenvalue weighted by Crippen LogP contribution is 2.25. The molecule has 4 rings (SSSR count). The van der Waals surface area contributed by atoms with E-state index in [9.17, 15) is 9.59 Å². The molecule has 1 atom stereocenters. The first-order chi connectivity index (χ1) is 14.9. The molecule has 1 amide bonds. The third-order valence-electron chi connectivity index (χ3n) is 4.80. The number of esters is 1. The zero-order valence-electron chi connectivity index (χ0n) is 17.4. The molecule has 8 heteroatoms. The number of aryl methyl sites for hydroxylation is 1. The van der Waals surface area contributed by atoms with Crippen molar-refractivity contribution in [2.75, 3.05) is 7.05 Å². The van der Waals surface area contributed by atoms with E-state index in [1.54, 1.807) is 55.7 Å². The Bertz CT molecular complexity index is 1200. The summed E-state index contributed by atoms with van der Waals surface area (Å²) in [5.74, 6) is -0.842. The predicted octanol–water partition coefficient (Wildman–Crippen LogP) is 4.93. The summed E-state index contributed by atoms with van der Waals surface area (Å²) >= 11 is 3.13. The first kappa shape index (κ1) is 21.1. The Labute approximate surface area is 188 Å². The van der Waals surface area contributed by atoms with Crippen molar-refractivity contribution in [2.45, 2.75) is 26.5 Å². The van der Waals surface area contributed by atoms with E-state index in [4.69, 9.17) is 4.74 Å². The number of hydrogen-bond donors (Lipinski definition) is 0. The first-order valence-corrected chi connectivity index (χ1v) is 11.4. The minimum atomic E-state index is -0.914. The Morgan fingerprint density at radius 1 is 1.10 bits per heavy atom. The van der Waals surface area contributed by atoms with Crippen LogP contribution in [0.3, 0.4) is 0 Å². The van der Waals surface area contributed by atoms with Gasteiger partial charge in [-0.05, 0) is 49.6 Å². The molecule has 3 heterocycles. The van der Waals surface area contributed by atoms with Gasteiger partial charge < -0.3 is 9.64 Å². The molecule has 0 aliphatic carbocycles. The largest absolute Gasteiger partial charge is 0.449 e. The van der Waals surface area contributed by atoms with Gasteiger partial charge in [0, 0.05) is 7.05 Å². The molecule has 3 aromatic heterocycles. The Hall–Kier alpha value is -3.10. The van der Waals surface area contributed by atoms with Gasteiger partial charge in [-0.15, -0.1) is 22.7 Å². The lowest BCUT2D eigenvalue weighted by atomic mass is 10.1. The molecule has 0 fully saturated rings. The van der Waals surface area contributed by atoms with E-state index in [1.807, 2.05) is 41.8 Å². The molecule has 0 saturated carbocycles. The average Bonchev–Trinajstić information content (AvgIpc) is 3.42. The molecule has 4 aromatic rings. The third-order valence-corrected chi connectivity index (χ3v) is 6.71. The number of fused-ring (bicyclic) bond motifs is 1. The maximum absolute atomic E-state index is 12.7. The number of hydrogen-bond acceptors (Lipinski definition) is 7. The second-order valence-corrected chi connectivity index (χ2v) is 9.19. The van der Waals surface area contributed by atoms with Crippen LogP contribution in [-0.4, -0.2) is 39.9 Å². The number of ether oxygens (including phenoxy) is 1. The standard InChI is InChI=1S/C23H21N3O3S2/c1-14-16(10-11-18(24-14)19-9-6-12-30-19)23(28)29-15(2)22(27)26(3)13-21-25-17-7-4-5-8-20(17)31-21/h4-12,15H,13H2,1-3H3. The van der Waals surface area contributed by atoms with Gasteiger partial charge >= 0.3 is 5.97 Å². The Kier molecular flexibility index (Phi) is 6.11. The van der Waals surface area contributed by atoms with Crippen LogP contribution in [0.25, 0.3) is 20.8 Å². The third kappa shape index (κ3) is 4.65. The number of amides is 1. The van der Waals surface area contributed by atoms with Crippen molar-refractivity contribution in [1.29, 1.82) is 0 Å². The maximum Gasteiger partial charge on any atom is 0.340 e. The molecule has 0 spiro atoms. The van der Waals surface area contributed by atoms with Gasteiger partial charge in [-0.2, -0.15) is 0 Å². The second-order valence-electron chi connectivity index (χ2n) is 7.12. The first-order valence-electron chi connectivity index (χ1n) is 9.74. The summed E-state index contributed by atoms with van der Waals surface area (Å²) in [6.07, 6.45) is -0.914. The number of carbonyl (C=O) groups excluding carboxylic acids is 2. The Morgan fingerprint density at radius 3 is 2.61 bits per heavy atom. The summed E-state index contributed by atoms with van der Waals surface area (Å²) in [4.78, 5) is 37.0. The predicted molar refractivity (Wildman–Crippen MR) is 123 cm³/mol. The van der Waals surface area contributed by atoms with Gasteiger partial charge in [0.1, 0.15) is 5.01 Å². The highest BCUT2D eigenvalue weighted by Gasteiger charge is 2.24. The molecular formula is C23H21N3O3S2. The van der Waals surface area contributed by atoms with Crippen LogP contribution < -0.4 is 0 Å². The van der Waals surface area contributed by atoms with Gasteiger partial charge in [-0.3, -0.25) is 9.78 Å². The highest BCUT2D eigenvalue weighted by molar-refractivity contribution is 7.18. The van der Waals surface area contributed by atoms with E-state index in [2.05, 4.69) is 9.97 Å². The van der Waals surface area contributed by atoms with Crippen LogP contribution in [0.5, 0.6) is 0 Å². The average molecular weight is 452 g/mol. The summed E-state index contributed by atoms with van der Waals surface area (Å²) in [5, 5.41) is 2.81. The number of nitrogens with zero attached hydrogens (tertiary/aromatic N) is 3. The minimum absolute atomic E-state index is 0.284. The summed E-state index contributed by atoms with van der Waals surface area (Å²) in [6.45, 7) is 3.70. The van der Waals surface area contributed by atoms with E-state index in [-0.39, 0.29) is 5.91 Å². The monoisotopic (exact) mass is 451 g/mol. The topological polar surface area (TPSA) is 72.4 Å². The van der Waals surface area contributed by atoms with E-state index >= 15 is 0 Å². The molecule has 0 aliphatic rings. The maximum atomic E-state index is 12.7. The Morgan fingerprint density at radius 2 is 1.90 bits per heavy atom. The van der Waals surface area contributed by atoms with Gasteiger partial charge in [0.25, 0.3) is 5.91 Å². The molecule has 0 saturated heterocycles. The lowest BCUT2D eigenvalue weighted by molar-refractivity contribution is -0.139. The molecule has 0 bridgehead atoms. The van der Waals surface area contributed by atoms with E-state index < -0.39 is 12.1 Å². The number of benzene rings is 1. The fraction of sp³-hybridized carbons (Fsp3) is 0.217. The number of likely N-dealkylation sites (N-methyl/N-ethyl adjacent to an activating group) is 1. The number of rotatable bonds is 6. The quantitative estimate of drug-likeness (QED) is 0.389. The molecule has 0 N–H and O–H groups in total. The van der Waals surface area contributed by atoms with Crippen molar-refractivity contribution in [1.82, 2.24) is 14.9 Å². The van der Waals surface area contributed by atoms with Gasteiger partial charge in [0.05, 0.1) is 38.6 Å². The number of thiophene rings is 1. The van der Waals surface area contributed by atoms with Crippen molar-refractivity contribution < 1.29 is 14.3 Å². The van der Waals surface area contributed by atoms with Gasteiger partial charge in [-0.1, -0.05) is 18.2 Å². The molecule has 6 nitrogen and oxygen atoms in total. The SMILES string of the molecule is Cc1nc(-c2cccs2)ccc1C(=O)OC(C)C(=O)N(C)Cc1nc2ccccc2s1. The van der Waals surface area contributed by atoms with Crippen LogP contribution in [0.1, 0.15) is 28.0 Å². The van der Waals surface area contributed by atoms with E-state index in [0.717, 1.165) is 25.8 Å². The zero-order valence-corrected chi connectivity index (χ0v) is 19.0. The van der Waals surface area contributed by atoms with Crippen molar-refractivity contribution in [3.05, 3.63) is 70.2 Å². The number of para-hydroxylation sites is 1. The number of carbonyl (C=O) groups is 2. The lowest BCUT2D eigenvalue weighted by Crippen LogP contribution is -2.37. The van der Waals surface area contributed by atoms with Crippen molar-refractivity contribution in [2.24, 2.45) is 0 Å². The fourth-order valence-electron chi connectivity index (χ4n) is 3.19. The number of aromatic nitrogens is 2. The highest BCUT2D eigenvalue weighted by atomic mass is 32.1. The smallest absolute Gasteiger partial charge is 0.340 e. The van der Waals surface area contributed by atoms with Crippen LogP contribution in [0.2, 0.25) is 0 Å². The van der Waals surface area contributed by atoms with Gasteiger partial charge in [0.15, 0.2) is 6.10 Å². The molecule has 1 aromatic carbocycles. The minimum Gasteiger partial charge on any atom is -0.449 e. The molecule has 0 radical (unpaired) electrons. The number of thiazole rings is 1. The molecule has 1 unspecified atom stereocenters. The van der Waals surface area contributed by atoms with Crippen LogP contribution in [0, 0.1) is 6.92 Å². The van der Waals surface area contributed by atoms with Crippen molar-refractivity contribution in [3.63, 3.8) is 0 Å². The molecule has 31 heavy (non-hydrogen) atoms. The molecule has 158 valence electrons. The molecule has 0 aliphatic heterocycles. The zero-order chi connectivity index (χ0) is 22.0. The number of pyridine rings is 1. The Balaban J connectivity index is 1.40. The van der Waals surface area contributed by atoms with Crippen LogP contribution in [-0.2, 0) is 16.1 Å². The molecular weight excluding hydrogens is 430 g/mol. The van der Waals surface area contributed by atoms with E-state index in [1.165, 1.54) is 4.90 Å². The second kappa shape index (κ2) is 8.95. The van der Waals surface area contributed by atoms with Crippen LogP contribution in [0.4, 0.5) is 0 Å². The van der Waals surface area contributed by atoms with Crippen molar-refractivity contribution in [3.8, 4) is 10.6 Å². The van der Waals surface area contributed by atoms with Crippen molar-refractivity contribution >= 4 is 44.8 Å². The van der Waals surface area contributed by atoms with Crippen LogP contribution >= 0.6 is 22.7 Å². The normalized spacial score (nSPS) is 12.0. The summed E-state index contributed by atoms with van der Waals surface area (Å²) in [7, 11) is 1.68. The summed E-state index contributed by atoms with van der Waals surface area (Å²) in [6, 6.07) is 15.3. The lowest BCUT2D eigenvalue weighted by Gasteiger charge is -2.20.